The number of amides is 1. The summed E-state index contributed by atoms with van der Waals surface area (Å²) in [6.45, 7) is 1.90. The second-order valence-electron chi connectivity index (χ2n) is 11.2. The van der Waals surface area contributed by atoms with Crippen molar-refractivity contribution in [1.82, 2.24) is 48.9 Å². The van der Waals surface area contributed by atoms with Crippen LogP contribution in [0.5, 0.6) is 0 Å². The molecule has 1 aliphatic heterocycles. The fourth-order valence-corrected chi connectivity index (χ4v) is 5.94. The molecule has 15 heteroatoms. The Morgan fingerprint density at radius 1 is 0.978 bits per heavy atom. The first kappa shape index (κ1) is 29.6. The van der Waals surface area contributed by atoms with Gasteiger partial charge in [-0.2, -0.15) is 5.10 Å². The summed E-state index contributed by atoms with van der Waals surface area (Å²) in [6, 6.07) is 9.96. The first-order valence-corrected chi connectivity index (χ1v) is 15.3. The van der Waals surface area contributed by atoms with E-state index in [9.17, 15) is 9.59 Å². The molecule has 5 aromatic heterocycles. The summed E-state index contributed by atoms with van der Waals surface area (Å²) in [6.07, 6.45) is 11.8. The molecule has 0 spiro atoms. The summed E-state index contributed by atoms with van der Waals surface area (Å²) in [5.41, 5.74) is 3.91. The van der Waals surface area contributed by atoms with Gasteiger partial charge in [0.1, 0.15) is 5.69 Å². The normalized spacial score (nSPS) is 16.7. The smallest absolute Gasteiger partial charge is 0.254 e. The van der Waals surface area contributed by atoms with E-state index in [4.69, 9.17) is 33.3 Å². The van der Waals surface area contributed by atoms with E-state index >= 15 is 0 Å². The molecule has 0 fully saturated rings. The molecule has 2 atom stereocenters. The van der Waals surface area contributed by atoms with Crippen LogP contribution in [0.2, 0.25) is 10.2 Å². The van der Waals surface area contributed by atoms with Crippen LogP contribution in [0.25, 0.3) is 34.0 Å². The second-order valence-corrected chi connectivity index (χ2v) is 12.0. The number of benzene rings is 1. The molecule has 2 bridgehead atoms. The molecular formula is C31H27Cl2N11O2. The van der Waals surface area contributed by atoms with E-state index in [0.29, 0.717) is 58.3 Å². The van der Waals surface area contributed by atoms with Crippen LogP contribution in [0.3, 0.4) is 0 Å². The minimum atomic E-state index is -0.445. The Morgan fingerprint density at radius 2 is 1.85 bits per heavy atom. The number of aryl methyl sites for hydroxylation is 1. The number of pyridine rings is 1. The summed E-state index contributed by atoms with van der Waals surface area (Å²) in [4.78, 5) is 40.6. The standard InChI is InChI=1S/C31H27Cl2N11O2/c1-18-4-3-5-26(42-17-36-22(12-29(42)45)21-11-20(32)6-7-25(21)43-15-27(33)38-40-43)23-10-19(8-9-35-23)30-24(37-31(18)46)14-44(39-30)28-13-34-16-41(28)2/h6-18,26H,3-5H2,1-2H3,(H,37,46). The maximum atomic E-state index is 13.8. The highest BCUT2D eigenvalue weighted by atomic mass is 35.5. The molecular weight excluding hydrogens is 629 g/mol. The lowest BCUT2D eigenvalue weighted by Crippen LogP contribution is -2.27. The topological polar surface area (TPSA) is 143 Å². The number of halogens is 2. The van der Waals surface area contributed by atoms with Gasteiger partial charge < -0.3 is 9.88 Å². The number of fused-ring (bicyclic) bond motifs is 4. The summed E-state index contributed by atoms with van der Waals surface area (Å²) in [5, 5.41) is 16.5. The number of hydrogen-bond donors (Lipinski definition) is 1. The fraction of sp³-hybridized carbons (Fsp3) is 0.226. The number of hydrogen-bond acceptors (Lipinski definition) is 8. The van der Waals surface area contributed by atoms with Crippen LogP contribution in [0, 0.1) is 5.92 Å². The Labute approximate surface area is 272 Å². The average molecular weight is 657 g/mol. The third-order valence-electron chi connectivity index (χ3n) is 8.07. The van der Waals surface area contributed by atoms with Crippen LogP contribution in [-0.2, 0) is 11.8 Å². The maximum Gasteiger partial charge on any atom is 0.254 e. The number of anilines is 1. The molecule has 1 N–H and O–H groups in total. The van der Waals surface area contributed by atoms with Gasteiger partial charge in [-0.15, -0.1) is 5.10 Å². The molecule has 232 valence electrons. The zero-order valence-corrected chi connectivity index (χ0v) is 26.3. The molecule has 0 radical (unpaired) electrons. The second kappa shape index (κ2) is 12.0. The summed E-state index contributed by atoms with van der Waals surface area (Å²) in [5.74, 6) is 0.355. The van der Waals surface area contributed by atoms with Crippen molar-refractivity contribution in [3.8, 4) is 34.0 Å². The van der Waals surface area contributed by atoms with Gasteiger partial charge in [-0.3, -0.25) is 19.1 Å². The number of carbonyl (C=O) groups is 1. The fourth-order valence-electron chi connectivity index (χ4n) is 5.64. The first-order valence-electron chi connectivity index (χ1n) is 14.5. The van der Waals surface area contributed by atoms with Crippen LogP contribution >= 0.6 is 23.2 Å². The number of carbonyl (C=O) groups excluding carboxylic acids is 1. The van der Waals surface area contributed by atoms with Crippen LogP contribution in [0.1, 0.15) is 37.9 Å². The van der Waals surface area contributed by atoms with Crippen molar-refractivity contribution in [2.75, 3.05) is 5.32 Å². The average Bonchev–Trinajstić information content (AvgIpc) is 3.79. The molecule has 0 aliphatic carbocycles. The number of aromatic nitrogens is 10. The lowest BCUT2D eigenvalue weighted by molar-refractivity contribution is -0.119. The van der Waals surface area contributed by atoms with Gasteiger partial charge in [0.2, 0.25) is 5.91 Å². The zero-order chi connectivity index (χ0) is 31.9. The Bertz CT molecular complexity index is 2150. The van der Waals surface area contributed by atoms with Crippen molar-refractivity contribution in [3.63, 3.8) is 0 Å². The molecule has 46 heavy (non-hydrogen) atoms. The monoisotopic (exact) mass is 655 g/mol. The highest BCUT2D eigenvalue weighted by molar-refractivity contribution is 6.31. The lowest BCUT2D eigenvalue weighted by Gasteiger charge is -2.22. The van der Waals surface area contributed by atoms with Gasteiger partial charge in [0.25, 0.3) is 5.56 Å². The van der Waals surface area contributed by atoms with Gasteiger partial charge in [0.15, 0.2) is 11.0 Å². The van der Waals surface area contributed by atoms with E-state index in [1.807, 2.05) is 30.7 Å². The summed E-state index contributed by atoms with van der Waals surface area (Å²) < 4.78 is 6.61. The highest BCUT2D eigenvalue weighted by Gasteiger charge is 2.25. The van der Waals surface area contributed by atoms with Crippen molar-refractivity contribution < 1.29 is 4.79 Å². The number of rotatable bonds is 4. The molecule has 6 heterocycles. The van der Waals surface area contributed by atoms with E-state index in [2.05, 4.69) is 25.6 Å². The van der Waals surface area contributed by atoms with Crippen molar-refractivity contribution in [3.05, 3.63) is 100 Å². The predicted molar refractivity (Wildman–Crippen MR) is 172 cm³/mol. The van der Waals surface area contributed by atoms with Gasteiger partial charge in [-0.05, 0) is 43.2 Å². The SMILES string of the molecule is CC1CCCC(n2cnc(-c3cc(Cl)ccc3-n3cc(Cl)nn3)cc2=O)c2cc(ccn2)-c2nn(-c3cncn3C)cc2NC1=O. The van der Waals surface area contributed by atoms with E-state index < -0.39 is 6.04 Å². The van der Waals surface area contributed by atoms with E-state index in [1.165, 1.54) is 17.1 Å². The van der Waals surface area contributed by atoms with Gasteiger partial charge in [0.05, 0.1) is 60.0 Å². The molecule has 0 saturated heterocycles. The third kappa shape index (κ3) is 5.59. The molecule has 0 saturated carbocycles. The molecule has 7 rings (SSSR count). The van der Waals surface area contributed by atoms with Crippen molar-refractivity contribution >= 4 is 34.8 Å². The highest BCUT2D eigenvalue weighted by Crippen LogP contribution is 2.33. The lowest BCUT2D eigenvalue weighted by atomic mass is 9.97. The summed E-state index contributed by atoms with van der Waals surface area (Å²) in [7, 11) is 1.87. The first-order chi connectivity index (χ1) is 22.2. The Morgan fingerprint density at radius 3 is 2.61 bits per heavy atom. The molecule has 1 aliphatic rings. The van der Waals surface area contributed by atoms with E-state index in [0.717, 1.165) is 11.4 Å². The minimum absolute atomic E-state index is 0.105. The van der Waals surface area contributed by atoms with Gasteiger partial charge >= 0.3 is 0 Å². The Balaban J connectivity index is 1.31. The van der Waals surface area contributed by atoms with Crippen LogP contribution in [-0.4, -0.2) is 54.8 Å². The molecule has 1 amide bonds. The van der Waals surface area contributed by atoms with Gasteiger partial charge in [-0.1, -0.05) is 41.8 Å². The largest absolute Gasteiger partial charge is 0.323 e. The number of nitrogens with zero attached hydrogens (tertiary/aromatic N) is 10. The van der Waals surface area contributed by atoms with Crippen LogP contribution in [0.15, 0.2) is 78.6 Å². The quantitative estimate of drug-likeness (QED) is 0.275. The zero-order valence-electron chi connectivity index (χ0n) is 24.7. The molecule has 6 aromatic rings. The van der Waals surface area contributed by atoms with Crippen molar-refractivity contribution in [2.24, 2.45) is 13.0 Å². The van der Waals surface area contributed by atoms with Crippen LogP contribution in [0.4, 0.5) is 5.69 Å². The molecule has 2 unspecified atom stereocenters. The van der Waals surface area contributed by atoms with Crippen molar-refractivity contribution in [2.45, 2.75) is 32.2 Å². The maximum absolute atomic E-state index is 13.8. The Hall–Kier alpha value is -5.14. The number of imidazole rings is 1. The van der Waals surface area contributed by atoms with E-state index in [-0.39, 0.29) is 22.5 Å². The van der Waals surface area contributed by atoms with Gasteiger partial charge in [-0.25, -0.2) is 19.3 Å². The molecule has 13 nitrogen and oxygen atoms in total. The minimum Gasteiger partial charge on any atom is -0.323 e. The van der Waals surface area contributed by atoms with Gasteiger partial charge in [0, 0.05) is 41.4 Å². The summed E-state index contributed by atoms with van der Waals surface area (Å²) >= 11 is 12.4. The molecule has 1 aromatic carbocycles. The number of nitrogens with one attached hydrogen (secondary N) is 1. The third-order valence-corrected chi connectivity index (χ3v) is 8.48. The van der Waals surface area contributed by atoms with Crippen molar-refractivity contribution in [1.29, 1.82) is 0 Å². The van der Waals surface area contributed by atoms with Crippen LogP contribution < -0.4 is 10.9 Å². The van der Waals surface area contributed by atoms with E-state index in [1.54, 1.807) is 58.6 Å². The Kier molecular flexibility index (Phi) is 7.70. The predicted octanol–water partition coefficient (Wildman–Crippen LogP) is 5.13.